The van der Waals surface area contributed by atoms with E-state index in [4.69, 9.17) is 46.2 Å². The van der Waals surface area contributed by atoms with Crippen LogP contribution in [0.25, 0.3) is 11.2 Å². The molecule has 3 fully saturated rings. The second-order valence-electron chi connectivity index (χ2n) is 18.7. The van der Waals surface area contributed by atoms with Crippen LogP contribution in [0.5, 0.6) is 0 Å². The first kappa shape index (κ1) is 63.8. The summed E-state index contributed by atoms with van der Waals surface area (Å²) in [5.41, 5.74) is 22.1. The number of nitrogens with one attached hydrogen (secondary N) is 3. The van der Waals surface area contributed by atoms with Crippen molar-refractivity contribution in [2.45, 2.75) is 138 Å². The monoisotopic (exact) mass is 1170 g/mol. The lowest BCUT2D eigenvalue weighted by molar-refractivity contribution is -0.288. The SMILES string of the molecule is CC(C)(COP(=O)(O)OP(=O)(O)OC[C@H]1O[C@@H](n2cnc3c(N)ncnc32)[C@H](O)[C@@H]1OP(=O)(O)O)[C@H](O)C(=O)NCCC(=O)NCCSCCCCC(=O)NC[C@H]1O[C@H](O[C@H]2[C@H](O)[C@@H](O)[C@H](N)C[C@@H]2N)[C@H](N)[C@@H](O)[C@@H]1O. The van der Waals surface area contributed by atoms with Crippen molar-refractivity contribution in [2.75, 3.05) is 50.1 Å². The van der Waals surface area contributed by atoms with Gasteiger partial charge in [0.25, 0.3) is 0 Å². The van der Waals surface area contributed by atoms with E-state index in [-0.39, 0.29) is 61.8 Å². The number of hydrogen-bond acceptors (Lipinski definition) is 27. The Morgan fingerprint density at radius 2 is 1.50 bits per heavy atom. The number of anilines is 1. The normalized spacial score (nSPS) is 31.3. The predicted molar refractivity (Wildman–Crippen MR) is 260 cm³/mol. The molecule has 17 atom stereocenters. The number of aliphatic hydroxyl groups is 6. The molecule has 1 saturated carbocycles. The van der Waals surface area contributed by atoms with Gasteiger partial charge in [0.05, 0.1) is 31.7 Å². The van der Waals surface area contributed by atoms with Crippen LogP contribution in [0, 0.1) is 5.41 Å². The minimum absolute atomic E-state index is 0.0145. The molecule has 0 bridgehead atoms. The van der Waals surface area contributed by atoms with Gasteiger partial charge in [-0.05, 0) is 25.0 Å². The van der Waals surface area contributed by atoms with Crippen LogP contribution in [0.4, 0.5) is 5.82 Å². The summed E-state index contributed by atoms with van der Waals surface area (Å²) in [6, 6.07) is -2.81. The van der Waals surface area contributed by atoms with Crippen LogP contribution in [0.15, 0.2) is 12.7 Å². The lowest BCUT2D eigenvalue weighted by atomic mass is 9.84. The highest BCUT2D eigenvalue weighted by atomic mass is 32.2. The Morgan fingerprint density at radius 3 is 2.20 bits per heavy atom. The zero-order valence-corrected chi connectivity index (χ0v) is 44.4. The number of unbranched alkanes of at least 4 members (excludes halogenated alkanes) is 1. The quantitative estimate of drug-likeness (QED) is 0.0279. The van der Waals surface area contributed by atoms with Crippen molar-refractivity contribution in [2.24, 2.45) is 22.6 Å². The number of fused-ring (bicyclic) bond motifs is 1. The Bertz CT molecular complexity index is 2420. The standard InChI is InChI=1S/C38H68N11O23P3S/c1-38(2,14-67-75(64,65)72-74(62,63)66-13-20-31(71-73(59,60)61)29(56)36(68-20)49-16-48-24-33(42)46-15-47-34(24)49)32(57)35(58)44-7-6-22(51)43-8-10-76-9-4-3-5-21(50)45-12-19-26(53)27(54)23(41)37(69-19)70-30-18(40)11-17(39)25(52)28(30)55/h15-20,23,25-32,36-37,52-57H,3-14,39-41H2,1-2H3,(H,43,51)(H,44,58)(H,45,50)(H,62,63)(H,64,65)(H2,42,46,47)(H2,59,60,61)/t17-,18+,19-,20-,23-,25+,26-,27-,28-,29-,30-,31-,32-,36-,37-/m1/s1. The van der Waals surface area contributed by atoms with E-state index in [0.29, 0.717) is 24.3 Å². The highest BCUT2D eigenvalue weighted by molar-refractivity contribution is 7.99. The summed E-state index contributed by atoms with van der Waals surface area (Å²) in [5.74, 6) is -0.694. The van der Waals surface area contributed by atoms with E-state index >= 15 is 0 Å². The number of phosphoric acid groups is 3. The second-order valence-corrected chi connectivity index (χ2v) is 24.2. The molecular formula is C38H68N11O23P3S. The van der Waals surface area contributed by atoms with E-state index < -0.39 is 146 Å². The summed E-state index contributed by atoms with van der Waals surface area (Å²) in [7, 11) is -16.5. The number of nitrogens with two attached hydrogens (primary N) is 4. The summed E-state index contributed by atoms with van der Waals surface area (Å²) in [5, 5.41) is 71.0. The Kier molecular flexibility index (Phi) is 23.0. The smallest absolute Gasteiger partial charge is 0.389 e. The number of phosphoric ester groups is 3. The molecule has 3 aliphatic rings. The van der Waals surface area contributed by atoms with E-state index in [1.165, 1.54) is 25.6 Å². The average molecular weight is 1170 g/mol. The molecule has 5 rings (SSSR count). The molecule has 2 unspecified atom stereocenters. The highest BCUT2D eigenvalue weighted by Crippen LogP contribution is 2.61. The van der Waals surface area contributed by atoms with Gasteiger partial charge in [-0.25, -0.2) is 28.6 Å². The van der Waals surface area contributed by atoms with Crippen LogP contribution >= 0.6 is 35.2 Å². The van der Waals surface area contributed by atoms with Gasteiger partial charge < -0.3 is 103 Å². The molecule has 76 heavy (non-hydrogen) atoms. The van der Waals surface area contributed by atoms with Crippen molar-refractivity contribution in [3.63, 3.8) is 0 Å². The minimum atomic E-state index is -5.61. The number of ether oxygens (including phenoxy) is 3. The van der Waals surface area contributed by atoms with E-state index in [1.807, 2.05) is 0 Å². The van der Waals surface area contributed by atoms with Gasteiger partial charge in [0.1, 0.15) is 66.8 Å². The van der Waals surface area contributed by atoms with Crippen molar-refractivity contribution in [1.29, 1.82) is 0 Å². The van der Waals surface area contributed by atoms with Crippen molar-refractivity contribution in [3.8, 4) is 0 Å². The molecule has 2 saturated heterocycles. The van der Waals surface area contributed by atoms with Crippen LogP contribution in [0.2, 0.25) is 0 Å². The molecule has 2 aromatic rings. The topological polar surface area (TPSA) is 553 Å². The molecule has 1 aliphatic carbocycles. The van der Waals surface area contributed by atoms with Crippen molar-refractivity contribution in [3.05, 3.63) is 12.7 Å². The maximum Gasteiger partial charge on any atom is 0.481 e. The van der Waals surface area contributed by atoms with Crippen LogP contribution in [0.1, 0.15) is 52.2 Å². The van der Waals surface area contributed by atoms with Crippen LogP contribution in [-0.2, 0) is 60.2 Å². The van der Waals surface area contributed by atoms with Gasteiger partial charge in [0.15, 0.2) is 24.0 Å². The van der Waals surface area contributed by atoms with E-state index in [0.717, 1.165) is 17.2 Å². The van der Waals surface area contributed by atoms with Crippen LogP contribution in [0.3, 0.4) is 0 Å². The fraction of sp³-hybridized carbons (Fsp3) is 0.789. The van der Waals surface area contributed by atoms with Gasteiger partial charge in [-0.1, -0.05) is 13.8 Å². The number of rotatable bonds is 28. The van der Waals surface area contributed by atoms with Gasteiger partial charge in [0.2, 0.25) is 17.7 Å². The molecule has 2 aromatic heterocycles. The summed E-state index contributed by atoms with van der Waals surface area (Å²) in [6.07, 6.45) is -15.1. The predicted octanol–water partition coefficient (Wildman–Crippen LogP) is -5.64. The maximum atomic E-state index is 12.8. The molecule has 0 aromatic carbocycles. The molecule has 34 nitrogen and oxygen atoms in total. The van der Waals surface area contributed by atoms with Gasteiger partial charge in [0, 0.05) is 55.7 Å². The molecule has 2 aliphatic heterocycles. The second kappa shape index (κ2) is 27.4. The molecule has 3 amide bonds. The molecule has 0 radical (unpaired) electrons. The number of amides is 3. The van der Waals surface area contributed by atoms with Gasteiger partial charge in [-0.2, -0.15) is 16.1 Å². The Labute approximate surface area is 437 Å². The summed E-state index contributed by atoms with van der Waals surface area (Å²) in [4.78, 5) is 88.8. The van der Waals surface area contributed by atoms with Gasteiger partial charge in [-0.15, -0.1) is 0 Å². The number of nitrogens with zero attached hydrogens (tertiary/aromatic N) is 4. The van der Waals surface area contributed by atoms with Crippen molar-refractivity contribution < 1.29 is 110 Å². The summed E-state index contributed by atoms with van der Waals surface area (Å²) in [6.45, 7) is 0.243. The Morgan fingerprint density at radius 1 is 0.816 bits per heavy atom. The van der Waals surface area contributed by atoms with E-state index in [2.05, 4.69) is 39.7 Å². The first-order chi connectivity index (χ1) is 35.4. The largest absolute Gasteiger partial charge is 0.481 e. The number of thioether (sulfide) groups is 1. The lowest BCUT2D eigenvalue weighted by Crippen LogP contribution is -2.67. The van der Waals surface area contributed by atoms with Crippen LogP contribution in [-0.4, -0.2) is 217 Å². The fourth-order valence-corrected chi connectivity index (χ4v) is 11.7. The Balaban J connectivity index is 0.932. The molecule has 21 N–H and O–H groups in total. The molecule has 4 heterocycles. The molecule has 434 valence electrons. The van der Waals surface area contributed by atoms with Crippen LogP contribution < -0.4 is 38.9 Å². The average Bonchev–Trinajstić information content (AvgIpc) is 3.90. The number of carbonyl (C=O) groups is 3. The summed E-state index contributed by atoms with van der Waals surface area (Å²) >= 11 is 1.50. The molecule has 38 heteroatoms. The minimum Gasteiger partial charge on any atom is -0.389 e. The first-order valence-corrected chi connectivity index (χ1v) is 29.1. The number of aliphatic hydroxyl groups excluding tert-OH is 6. The van der Waals surface area contributed by atoms with Gasteiger partial charge in [-0.3, -0.25) is 32.5 Å². The number of carbonyl (C=O) groups excluding carboxylic acids is 3. The third-order valence-electron chi connectivity index (χ3n) is 12.2. The zero-order valence-electron chi connectivity index (χ0n) is 40.9. The summed E-state index contributed by atoms with van der Waals surface area (Å²) < 4.78 is 74.0. The number of nitrogen functional groups attached to an aromatic ring is 1. The highest BCUT2D eigenvalue weighted by Gasteiger charge is 2.51. The van der Waals surface area contributed by atoms with Gasteiger partial charge >= 0.3 is 23.5 Å². The third kappa shape index (κ3) is 17.8. The number of hydrogen-bond donors (Lipinski definition) is 17. The van der Waals surface area contributed by atoms with E-state index in [1.54, 1.807) is 0 Å². The first-order valence-electron chi connectivity index (χ1n) is 23.4. The maximum absolute atomic E-state index is 12.8. The molecular weight excluding hydrogens is 1100 g/mol. The van der Waals surface area contributed by atoms with E-state index in [9.17, 15) is 78.3 Å². The Hall–Kier alpha value is -3.00. The van der Waals surface area contributed by atoms with Crippen molar-refractivity contribution >= 4 is 69.9 Å². The molecule has 0 spiro atoms. The third-order valence-corrected chi connectivity index (χ3v) is 16.4. The lowest BCUT2D eigenvalue weighted by Gasteiger charge is -2.45. The zero-order chi connectivity index (χ0) is 56.5. The number of imidazole rings is 1. The van der Waals surface area contributed by atoms with Crippen molar-refractivity contribution in [1.82, 2.24) is 35.5 Å². The number of aromatic nitrogens is 4. The fourth-order valence-electron chi connectivity index (χ4n) is 7.97.